The number of rotatable bonds is 7. The van der Waals surface area contributed by atoms with Crippen LogP contribution in [-0.4, -0.2) is 52.8 Å². The number of hydrogen-bond acceptors (Lipinski definition) is 4. The van der Waals surface area contributed by atoms with E-state index in [2.05, 4.69) is 4.98 Å². The lowest BCUT2D eigenvalue weighted by Crippen LogP contribution is -2.54. The summed E-state index contributed by atoms with van der Waals surface area (Å²) < 4.78 is 0. The average Bonchev–Trinajstić information content (AvgIpc) is 2.69. The summed E-state index contributed by atoms with van der Waals surface area (Å²) in [6.45, 7) is 3.63. The van der Waals surface area contributed by atoms with Crippen LogP contribution in [0.15, 0.2) is 24.4 Å². The molecule has 27 heavy (non-hydrogen) atoms. The van der Waals surface area contributed by atoms with Gasteiger partial charge in [-0.05, 0) is 50.8 Å². The molecule has 0 bridgehead atoms. The van der Waals surface area contributed by atoms with Crippen molar-refractivity contribution in [3.63, 3.8) is 0 Å². The van der Waals surface area contributed by atoms with E-state index in [1.54, 1.807) is 6.20 Å². The van der Waals surface area contributed by atoms with Gasteiger partial charge in [0.1, 0.15) is 0 Å². The number of hydrogen-bond donors (Lipinski definition) is 1. The zero-order chi connectivity index (χ0) is 19.1. The molecule has 0 aromatic carbocycles. The summed E-state index contributed by atoms with van der Waals surface area (Å²) in [4.78, 5) is 33.4. The molecule has 1 aromatic heterocycles. The molecule has 3 heterocycles. The third-order valence-electron chi connectivity index (χ3n) is 5.94. The number of nitrogens with two attached hydrogens (primary N) is 1. The first-order valence-electron chi connectivity index (χ1n) is 10.3. The minimum Gasteiger partial charge on any atom is -0.342 e. The standard InChI is InChI=1S/C21H32N4O2/c22-12-4-1-2-8-19(26)24-14-6-10-21(16-24)11-9-20(27)25(17-21)15-18-7-3-5-13-23-18/h3,5,7,13H,1-2,4,6,8-12,14-17,22H2. The van der Waals surface area contributed by atoms with Crippen molar-refractivity contribution in [2.24, 2.45) is 11.1 Å². The van der Waals surface area contributed by atoms with Crippen molar-refractivity contribution in [2.75, 3.05) is 26.2 Å². The third-order valence-corrected chi connectivity index (χ3v) is 5.94. The second-order valence-corrected chi connectivity index (χ2v) is 8.09. The van der Waals surface area contributed by atoms with Crippen molar-refractivity contribution >= 4 is 11.8 Å². The van der Waals surface area contributed by atoms with E-state index in [-0.39, 0.29) is 17.2 Å². The molecule has 0 saturated carbocycles. The Balaban J connectivity index is 1.59. The van der Waals surface area contributed by atoms with E-state index in [0.29, 0.717) is 25.9 Å². The SMILES string of the molecule is NCCCCCC(=O)N1CCCC2(CCC(=O)N(Cc3ccccn3)C2)C1. The second-order valence-electron chi connectivity index (χ2n) is 8.09. The molecule has 3 rings (SSSR count). The summed E-state index contributed by atoms with van der Waals surface area (Å²) in [6.07, 6.45) is 8.90. The Morgan fingerprint density at radius 2 is 2.07 bits per heavy atom. The molecule has 2 aliphatic heterocycles. The summed E-state index contributed by atoms with van der Waals surface area (Å²) in [6, 6.07) is 5.81. The molecule has 2 aliphatic rings. The highest BCUT2D eigenvalue weighted by molar-refractivity contribution is 5.78. The molecule has 2 fully saturated rings. The lowest BCUT2D eigenvalue weighted by molar-refractivity contribution is -0.143. The van der Waals surface area contributed by atoms with Crippen LogP contribution in [0.1, 0.15) is 57.1 Å². The Hall–Kier alpha value is -1.95. The molecular weight excluding hydrogens is 340 g/mol. The number of aromatic nitrogens is 1. The fraction of sp³-hybridized carbons (Fsp3) is 0.667. The quantitative estimate of drug-likeness (QED) is 0.745. The van der Waals surface area contributed by atoms with Crippen molar-refractivity contribution in [1.82, 2.24) is 14.8 Å². The Kier molecular flexibility index (Phi) is 6.83. The normalized spacial score (nSPS) is 23.1. The molecular formula is C21H32N4O2. The van der Waals surface area contributed by atoms with Gasteiger partial charge in [0.05, 0.1) is 12.2 Å². The van der Waals surface area contributed by atoms with Crippen LogP contribution in [0.5, 0.6) is 0 Å². The minimum absolute atomic E-state index is 0.0495. The number of piperidine rings is 2. The number of unbranched alkanes of at least 4 members (excludes halogenated alkanes) is 2. The van der Waals surface area contributed by atoms with Gasteiger partial charge in [-0.2, -0.15) is 0 Å². The first kappa shape index (κ1) is 19.8. The van der Waals surface area contributed by atoms with Crippen molar-refractivity contribution in [3.8, 4) is 0 Å². The van der Waals surface area contributed by atoms with Gasteiger partial charge in [-0.1, -0.05) is 12.5 Å². The molecule has 2 amide bonds. The monoisotopic (exact) mass is 372 g/mol. The third kappa shape index (κ3) is 5.28. The fourth-order valence-corrected chi connectivity index (χ4v) is 4.44. The van der Waals surface area contributed by atoms with Crippen LogP contribution in [0, 0.1) is 5.41 Å². The Morgan fingerprint density at radius 3 is 2.85 bits per heavy atom. The molecule has 1 aromatic rings. The molecule has 6 heteroatoms. The number of carbonyl (C=O) groups is 2. The van der Waals surface area contributed by atoms with E-state index in [0.717, 1.165) is 63.9 Å². The first-order chi connectivity index (χ1) is 13.1. The molecule has 148 valence electrons. The van der Waals surface area contributed by atoms with Gasteiger partial charge >= 0.3 is 0 Å². The van der Waals surface area contributed by atoms with Gasteiger partial charge in [-0.3, -0.25) is 14.6 Å². The molecule has 1 unspecified atom stereocenters. The van der Waals surface area contributed by atoms with Crippen molar-refractivity contribution in [2.45, 2.75) is 57.9 Å². The van der Waals surface area contributed by atoms with E-state index in [4.69, 9.17) is 5.73 Å². The van der Waals surface area contributed by atoms with Gasteiger partial charge in [0.25, 0.3) is 0 Å². The fourth-order valence-electron chi connectivity index (χ4n) is 4.44. The Bertz CT molecular complexity index is 636. The lowest BCUT2D eigenvalue weighted by Gasteiger charge is -2.48. The van der Waals surface area contributed by atoms with E-state index in [9.17, 15) is 9.59 Å². The van der Waals surface area contributed by atoms with Crippen LogP contribution in [0.25, 0.3) is 0 Å². The highest BCUT2D eigenvalue weighted by Gasteiger charge is 2.42. The minimum atomic E-state index is 0.0495. The maximum absolute atomic E-state index is 12.6. The summed E-state index contributed by atoms with van der Waals surface area (Å²) in [5, 5.41) is 0. The molecule has 2 saturated heterocycles. The number of likely N-dealkylation sites (tertiary alicyclic amines) is 2. The zero-order valence-electron chi connectivity index (χ0n) is 16.2. The topological polar surface area (TPSA) is 79.5 Å². The van der Waals surface area contributed by atoms with Gasteiger partial charge in [0, 0.05) is 44.1 Å². The Labute approximate surface area is 162 Å². The summed E-state index contributed by atoms with van der Waals surface area (Å²) in [7, 11) is 0. The van der Waals surface area contributed by atoms with Gasteiger partial charge < -0.3 is 15.5 Å². The van der Waals surface area contributed by atoms with E-state index in [1.807, 2.05) is 28.0 Å². The van der Waals surface area contributed by atoms with Crippen LogP contribution < -0.4 is 5.73 Å². The van der Waals surface area contributed by atoms with Crippen LogP contribution in [0.2, 0.25) is 0 Å². The smallest absolute Gasteiger partial charge is 0.222 e. The van der Waals surface area contributed by atoms with Crippen molar-refractivity contribution in [1.29, 1.82) is 0 Å². The number of nitrogens with zero attached hydrogens (tertiary/aromatic N) is 3. The molecule has 1 spiro atoms. The summed E-state index contributed by atoms with van der Waals surface area (Å²) >= 11 is 0. The Morgan fingerprint density at radius 1 is 1.19 bits per heavy atom. The van der Waals surface area contributed by atoms with E-state index in [1.165, 1.54) is 0 Å². The number of carbonyl (C=O) groups excluding carboxylic acids is 2. The van der Waals surface area contributed by atoms with Gasteiger partial charge in [0.15, 0.2) is 0 Å². The maximum Gasteiger partial charge on any atom is 0.222 e. The highest BCUT2D eigenvalue weighted by Crippen LogP contribution is 2.39. The highest BCUT2D eigenvalue weighted by atomic mass is 16.2. The second kappa shape index (κ2) is 9.31. The number of pyridine rings is 1. The van der Waals surface area contributed by atoms with Crippen LogP contribution >= 0.6 is 0 Å². The van der Waals surface area contributed by atoms with Crippen molar-refractivity contribution < 1.29 is 9.59 Å². The maximum atomic E-state index is 12.6. The predicted octanol–water partition coefficient (Wildman–Crippen LogP) is 2.33. The van der Waals surface area contributed by atoms with E-state index < -0.39 is 0 Å². The van der Waals surface area contributed by atoms with Crippen LogP contribution in [-0.2, 0) is 16.1 Å². The number of amides is 2. The first-order valence-corrected chi connectivity index (χ1v) is 10.3. The molecule has 0 radical (unpaired) electrons. The van der Waals surface area contributed by atoms with Crippen LogP contribution in [0.3, 0.4) is 0 Å². The largest absolute Gasteiger partial charge is 0.342 e. The molecule has 2 N–H and O–H groups in total. The predicted molar refractivity (Wildman–Crippen MR) is 105 cm³/mol. The summed E-state index contributed by atoms with van der Waals surface area (Å²) in [5.41, 5.74) is 6.50. The average molecular weight is 373 g/mol. The van der Waals surface area contributed by atoms with Gasteiger partial charge in [-0.25, -0.2) is 0 Å². The van der Waals surface area contributed by atoms with E-state index >= 15 is 0 Å². The lowest BCUT2D eigenvalue weighted by atomic mass is 9.73. The molecule has 1 atom stereocenters. The van der Waals surface area contributed by atoms with Crippen LogP contribution in [0.4, 0.5) is 0 Å². The van der Waals surface area contributed by atoms with Gasteiger partial charge in [-0.15, -0.1) is 0 Å². The molecule has 0 aliphatic carbocycles. The zero-order valence-corrected chi connectivity index (χ0v) is 16.2. The molecule has 6 nitrogen and oxygen atoms in total. The van der Waals surface area contributed by atoms with Crippen molar-refractivity contribution in [3.05, 3.63) is 30.1 Å². The summed E-state index contributed by atoms with van der Waals surface area (Å²) in [5.74, 6) is 0.468. The van der Waals surface area contributed by atoms with Gasteiger partial charge in [0.2, 0.25) is 11.8 Å².